The molecule has 1 aromatic carbocycles. The number of hydrogen-bond acceptors (Lipinski definition) is 5. The molecular formula is C19H23N5O. The van der Waals surface area contributed by atoms with Crippen LogP contribution in [-0.2, 0) is 4.74 Å². The first kappa shape index (κ1) is 16.0. The second-order valence-corrected chi connectivity index (χ2v) is 6.72. The molecule has 4 rings (SSSR count). The van der Waals surface area contributed by atoms with Crippen molar-refractivity contribution in [2.75, 3.05) is 18.5 Å². The highest BCUT2D eigenvalue weighted by Crippen LogP contribution is 2.33. The van der Waals surface area contributed by atoms with E-state index in [0.29, 0.717) is 5.92 Å². The van der Waals surface area contributed by atoms with Crippen LogP contribution in [0.2, 0.25) is 0 Å². The van der Waals surface area contributed by atoms with Gasteiger partial charge in [-0.05, 0) is 44.4 Å². The van der Waals surface area contributed by atoms with Gasteiger partial charge in [-0.1, -0.05) is 29.8 Å². The average molecular weight is 337 g/mol. The van der Waals surface area contributed by atoms with Crippen LogP contribution in [0.1, 0.15) is 35.9 Å². The van der Waals surface area contributed by atoms with E-state index in [-0.39, 0.29) is 6.10 Å². The number of hydrogen-bond donors (Lipinski definition) is 1. The van der Waals surface area contributed by atoms with Crippen LogP contribution in [0.15, 0.2) is 36.4 Å². The van der Waals surface area contributed by atoms with E-state index in [4.69, 9.17) is 4.74 Å². The number of aryl methyl sites for hydroxylation is 2. The Hall–Kier alpha value is -2.47. The number of nitrogens with zero attached hydrogens (tertiary/aromatic N) is 4. The molecule has 3 heterocycles. The van der Waals surface area contributed by atoms with E-state index in [1.54, 1.807) is 4.52 Å². The first-order valence-corrected chi connectivity index (χ1v) is 8.82. The lowest BCUT2D eigenvalue weighted by Crippen LogP contribution is -2.28. The topological polar surface area (TPSA) is 64.3 Å². The van der Waals surface area contributed by atoms with E-state index in [1.807, 2.05) is 19.1 Å². The molecule has 1 aliphatic rings. The number of ether oxygens (including phenoxy) is 1. The number of nitrogens with one attached hydrogen (secondary N) is 1. The van der Waals surface area contributed by atoms with Crippen molar-refractivity contribution in [3.63, 3.8) is 0 Å². The number of rotatable bonds is 4. The Balaban J connectivity index is 1.49. The zero-order valence-corrected chi connectivity index (χ0v) is 14.6. The van der Waals surface area contributed by atoms with E-state index in [9.17, 15) is 0 Å². The first-order valence-electron chi connectivity index (χ1n) is 8.82. The molecule has 0 bridgehead atoms. The minimum atomic E-state index is 0.141. The summed E-state index contributed by atoms with van der Waals surface area (Å²) in [6.45, 7) is 5.68. The Labute approximate surface area is 147 Å². The SMILES string of the molecule is Cc1ccc(C2OCCCC2CNc2ccc3nnc(C)n3n2)cc1. The third-order valence-corrected chi connectivity index (χ3v) is 4.81. The summed E-state index contributed by atoms with van der Waals surface area (Å²) in [5, 5.41) is 16.2. The monoisotopic (exact) mass is 337 g/mol. The van der Waals surface area contributed by atoms with E-state index < -0.39 is 0 Å². The molecule has 1 fully saturated rings. The van der Waals surface area contributed by atoms with Gasteiger partial charge in [0, 0.05) is 19.1 Å². The first-order chi connectivity index (χ1) is 12.2. The molecule has 0 amide bonds. The zero-order valence-electron chi connectivity index (χ0n) is 14.6. The van der Waals surface area contributed by atoms with Gasteiger partial charge >= 0.3 is 0 Å². The van der Waals surface area contributed by atoms with E-state index in [0.717, 1.165) is 43.3 Å². The lowest BCUT2D eigenvalue weighted by atomic mass is 9.89. The molecule has 3 aromatic rings. The largest absolute Gasteiger partial charge is 0.373 e. The van der Waals surface area contributed by atoms with Gasteiger partial charge in [-0.3, -0.25) is 0 Å². The standard InChI is InChI=1S/C19H23N5O/c1-13-5-7-15(8-6-13)19-16(4-3-11-25-19)12-20-17-9-10-18-22-21-14(2)24(18)23-17/h5-10,16,19H,3-4,11-12H2,1-2H3,(H,20,23). The van der Waals surface area contributed by atoms with Crippen LogP contribution in [0.5, 0.6) is 0 Å². The summed E-state index contributed by atoms with van der Waals surface area (Å²) in [6, 6.07) is 12.6. The summed E-state index contributed by atoms with van der Waals surface area (Å²) in [7, 11) is 0. The molecule has 6 nitrogen and oxygen atoms in total. The van der Waals surface area contributed by atoms with Crippen molar-refractivity contribution >= 4 is 11.5 Å². The highest BCUT2D eigenvalue weighted by molar-refractivity contribution is 5.43. The van der Waals surface area contributed by atoms with Gasteiger partial charge in [0.15, 0.2) is 11.5 Å². The van der Waals surface area contributed by atoms with Crippen molar-refractivity contribution in [2.24, 2.45) is 5.92 Å². The van der Waals surface area contributed by atoms with Crippen LogP contribution in [-0.4, -0.2) is 33.0 Å². The summed E-state index contributed by atoms with van der Waals surface area (Å²) < 4.78 is 7.86. The van der Waals surface area contributed by atoms with Gasteiger partial charge in [0.25, 0.3) is 0 Å². The fourth-order valence-corrected chi connectivity index (χ4v) is 3.40. The highest BCUT2D eigenvalue weighted by Gasteiger charge is 2.27. The van der Waals surface area contributed by atoms with Crippen LogP contribution in [0.4, 0.5) is 5.82 Å². The Kier molecular flexibility index (Phi) is 4.36. The van der Waals surface area contributed by atoms with Gasteiger partial charge in [0.05, 0.1) is 6.10 Å². The fraction of sp³-hybridized carbons (Fsp3) is 0.421. The van der Waals surface area contributed by atoms with Gasteiger partial charge in [-0.15, -0.1) is 15.3 Å². The third-order valence-electron chi connectivity index (χ3n) is 4.81. The molecular weight excluding hydrogens is 314 g/mol. The molecule has 1 saturated heterocycles. The van der Waals surface area contributed by atoms with E-state index in [2.05, 4.69) is 51.8 Å². The Bertz CT molecular complexity index is 858. The van der Waals surface area contributed by atoms with Crippen molar-refractivity contribution in [1.82, 2.24) is 19.8 Å². The number of anilines is 1. The second kappa shape index (κ2) is 6.80. The molecule has 1 N–H and O–H groups in total. The molecule has 1 aliphatic heterocycles. The summed E-state index contributed by atoms with van der Waals surface area (Å²) >= 11 is 0. The van der Waals surface area contributed by atoms with Gasteiger partial charge in [-0.2, -0.15) is 4.52 Å². The fourth-order valence-electron chi connectivity index (χ4n) is 3.40. The molecule has 0 radical (unpaired) electrons. The molecule has 2 unspecified atom stereocenters. The predicted molar refractivity (Wildman–Crippen MR) is 96.6 cm³/mol. The molecule has 0 spiro atoms. The Morgan fingerprint density at radius 3 is 2.80 bits per heavy atom. The van der Waals surface area contributed by atoms with Crippen molar-refractivity contribution in [3.8, 4) is 0 Å². The normalized spacial score (nSPS) is 20.7. The maximum atomic E-state index is 6.10. The number of fused-ring (bicyclic) bond motifs is 1. The van der Waals surface area contributed by atoms with Gasteiger partial charge in [0.1, 0.15) is 5.82 Å². The van der Waals surface area contributed by atoms with Crippen LogP contribution in [0.25, 0.3) is 5.65 Å². The molecule has 2 aromatic heterocycles. The average Bonchev–Trinajstić information content (AvgIpc) is 3.02. The Morgan fingerprint density at radius 2 is 1.96 bits per heavy atom. The highest BCUT2D eigenvalue weighted by atomic mass is 16.5. The quantitative estimate of drug-likeness (QED) is 0.791. The lowest BCUT2D eigenvalue weighted by molar-refractivity contribution is -0.0238. The molecule has 2 atom stereocenters. The molecule has 0 aliphatic carbocycles. The van der Waals surface area contributed by atoms with Crippen LogP contribution in [0, 0.1) is 19.8 Å². The number of benzene rings is 1. The minimum absolute atomic E-state index is 0.141. The summed E-state index contributed by atoms with van der Waals surface area (Å²) in [5.74, 6) is 2.05. The van der Waals surface area contributed by atoms with Crippen molar-refractivity contribution < 1.29 is 4.74 Å². The second-order valence-electron chi connectivity index (χ2n) is 6.72. The van der Waals surface area contributed by atoms with Crippen LogP contribution in [0.3, 0.4) is 0 Å². The zero-order chi connectivity index (χ0) is 17.2. The molecule has 0 saturated carbocycles. The van der Waals surface area contributed by atoms with Gasteiger partial charge < -0.3 is 10.1 Å². The molecule has 130 valence electrons. The van der Waals surface area contributed by atoms with E-state index in [1.165, 1.54) is 11.1 Å². The lowest BCUT2D eigenvalue weighted by Gasteiger charge is -2.32. The van der Waals surface area contributed by atoms with Gasteiger partial charge in [-0.25, -0.2) is 0 Å². The maximum Gasteiger partial charge on any atom is 0.178 e. The van der Waals surface area contributed by atoms with Gasteiger partial charge in [0.2, 0.25) is 0 Å². The van der Waals surface area contributed by atoms with Crippen molar-refractivity contribution in [1.29, 1.82) is 0 Å². The smallest absolute Gasteiger partial charge is 0.178 e. The van der Waals surface area contributed by atoms with Crippen LogP contribution >= 0.6 is 0 Å². The van der Waals surface area contributed by atoms with Crippen LogP contribution < -0.4 is 5.32 Å². The summed E-state index contributed by atoms with van der Waals surface area (Å²) in [5.41, 5.74) is 3.30. The Morgan fingerprint density at radius 1 is 1.12 bits per heavy atom. The predicted octanol–water partition coefficient (Wildman–Crippen LogP) is 3.32. The number of aromatic nitrogens is 4. The summed E-state index contributed by atoms with van der Waals surface area (Å²) in [6.07, 6.45) is 2.40. The van der Waals surface area contributed by atoms with E-state index >= 15 is 0 Å². The maximum absolute atomic E-state index is 6.10. The summed E-state index contributed by atoms with van der Waals surface area (Å²) in [4.78, 5) is 0. The molecule has 6 heteroatoms. The van der Waals surface area contributed by atoms with Crippen molar-refractivity contribution in [2.45, 2.75) is 32.8 Å². The van der Waals surface area contributed by atoms with Crippen molar-refractivity contribution in [3.05, 3.63) is 53.3 Å². The molecule has 25 heavy (non-hydrogen) atoms. The minimum Gasteiger partial charge on any atom is -0.373 e. The third kappa shape index (κ3) is 3.35.